The Hall–Kier alpha value is -2.76. The van der Waals surface area contributed by atoms with Gasteiger partial charge in [-0.2, -0.15) is 0 Å². The van der Waals surface area contributed by atoms with E-state index in [-0.39, 0.29) is 0 Å². The van der Waals surface area contributed by atoms with Gasteiger partial charge >= 0.3 is 0 Å². The number of benzene rings is 1. The van der Waals surface area contributed by atoms with Crippen LogP contribution < -0.4 is 4.74 Å². The van der Waals surface area contributed by atoms with Crippen LogP contribution in [0.15, 0.2) is 35.1 Å². The molecule has 0 N–H and O–H groups in total. The van der Waals surface area contributed by atoms with Crippen molar-refractivity contribution in [3.05, 3.63) is 36.2 Å². The molecule has 0 radical (unpaired) electrons. The number of aldehydes is 1. The van der Waals surface area contributed by atoms with Gasteiger partial charge in [0, 0.05) is 5.56 Å². The van der Waals surface area contributed by atoms with Crippen molar-refractivity contribution in [2.75, 3.05) is 7.11 Å². The summed E-state index contributed by atoms with van der Waals surface area (Å²) in [6, 6.07) is 5.07. The summed E-state index contributed by atoms with van der Waals surface area (Å²) in [5.74, 6) is 0.389. The van der Waals surface area contributed by atoms with E-state index in [0.29, 0.717) is 33.8 Å². The van der Waals surface area contributed by atoms with Gasteiger partial charge in [-0.3, -0.25) is 9.78 Å². The lowest BCUT2D eigenvalue weighted by Gasteiger charge is -1.99. The molecule has 3 aromatic rings. The van der Waals surface area contributed by atoms with Crippen LogP contribution in [-0.4, -0.2) is 28.5 Å². The van der Waals surface area contributed by atoms with E-state index in [4.69, 9.17) is 9.26 Å². The molecule has 0 saturated carbocycles. The molecule has 19 heavy (non-hydrogen) atoms. The predicted molar refractivity (Wildman–Crippen MR) is 67.0 cm³/mol. The number of hydrogen-bond acceptors (Lipinski definition) is 6. The van der Waals surface area contributed by atoms with Gasteiger partial charge in [-0.15, -0.1) is 0 Å². The predicted octanol–water partition coefficient (Wildman–Crippen LogP) is 2.11. The van der Waals surface area contributed by atoms with E-state index in [1.165, 1.54) is 13.3 Å². The highest BCUT2D eigenvalue weighted by Crippen LogP contribution is 2.27. The second-order valence-corrected chi connectivity index (χ2v) is 3.85. The van der Waals surface area contributed by atoms with Crippen LogP contribution in [0.4, 0.5) is 0 Å². The second kappa shape index (κ2) is 4.49. The molecule has 0 fully saturated rings. The molecule has 2 aromatic heterocycles. The van der Waals surface area contributed by atoms with Crippen LogP contribution in [0.5, 0.6) is 5.88 Å². The Balaban J connectivity index is 2.20. The number of nitrogens with zero attached hydrogens (tertiary/aromatic N) is 3. The van der Waals surface area contributed by atoms with E-state index in [0.717, 1.165) is 6.29 Å². The van der Waals surface area contributed by atoms with Crippen LogP contribution in [0.2, 0.25) is 0 Å². The topological polar surface area (TPSA) is 78.1 Å². The van der Waals surface area contributed by atoms with Crippen molar-refractivity contribution in [3.63, 3.8) is 0 Å². The summed E-state index contributed by atoms with van der Waals surface area (Å²) < 4.78 is 10.2. The molecular formula is C13H9N3O3. The number of carbonyl (C=O) groups is 1. The second-order valence-electron chi connectivity index (χ2n) is 3.85. The number of ether oxygens (including phenoxy) is 1. The van der Waals surface area contributed by atoms with Gasteiger partial charge in [0.25, 0.3) is 0 Å². The lowest BCUT2D eigenvalue weighted by Crippen LogP contribution is -1.92. The highest BCUT2D eigenvalue weighted by Gasteiger charge is 2.13. The van der Waals surface area contributed by atoms with E-state index >= 15 is 0 Å². The van der Waals surface area contributed by atoms with Crippen molar-refractivity contribution in [2.45, 2.75) is 0 Å². The largest absolute Gasteiger partial charge is 0.480 e. The fraction of sp³-hybridized carbons (Fsp3) is 0.0769. The molecule has 0 amide bonds. The normalized spacial score (nSPS) is 10.6. The minimum absolute atomic E-state index is 0.389. The number of methoxy groups -OCH3 is 1. The maximum Gasteiger partial charge on any atom is 0.232 e. The number of aromatic nitrogens is 3. The average molecular weight is 255 g/mol. The van der Waals surface area contributed by atoms with E-state index in [9.17, 15) is 4.79 Å². The Bertz CT molecular complexity index is 752. The third-order valence-corrected chi connectivity index (χ3v) is 2.69. The minimum Gasteiger partial charge on any atom is -0.480 e. The van der Waals surface area contributed by atoms with Crippen LogP contribution in [0, 0.1) is 0 Å². The zero-order valence-corrected chi connectivity index (χ0v) is 10.0. The van der Waals surface area contributed by atoms with Crippen LogP contribution in [0.25, 0.3) is 22.4 Å². The first-order chi connectivity index (χ1) is 9.31. The van der Waals surface area contributed by atoms with Gasteiger partial charge in [0.1, 0.15) is 17.7 Å². The lowest BCUT2D eigenvalue weighted by atomic mass is 10.1. The summed E-state index contributed by atoms with van der Waals surface area (Å²) in [5.41, 5.74) is 2.20. The van der Waals surface area contributed by atoms with Crippen molar-refractivity contribution in [1.82, 2.24) is 15.1 Å². The smallest absolute Gasteiger partial charge is 0.232 e. The van der Waals surface area contributed by atoms with E-state index in [1.54, 1.807) is 24.4 Å². The van der Waals surface area contributed by atoms with Gasteiger partial charge in [0.15, 0.2) is 5.58 Å². The molecule has 0 bridgehead atoms. The Morgan fingerprint density at radius 2 is 2.21 bits per heavy atom. The van der Waals surface area contributed by atoms with Gasteiger partial charge in [-0.05, 0) is 18.2 Å². The zero-order valence-electron chi connectivity index (χ0n) is 10.0. The molecule has 2 heterocycles. The molecule has 0 unspecified atom stereocenters. The SMILES string of the molecule is COc1cncc(-c2noc3ccc(C=O)cc23)n1. The van der Waals surface area contributed by atoms with Crippen molar-refractivity contribution in [1.29, 1.82) is 0 Å². The van der Waals surface area contributed by atoms with Gasteiger partial charge in [-0.25, -0.2) is 4.98 Å². The van der Waals surface area contributed by atoms with Gasteiger partial charge in [-0.1, -0.05) is 5.16 Å². The van der Waals surface area contributed by atoms with E-state index in [1.807, 2.05) is 0 Å². The van der Waals surface area contributed by atoms with Gasteiger partial charge < -0.3 is 9.26 Å². The van der Waals surface area contributed by atoms with E-state index in [2.05, 4.69) is 15.1 Å². The minimum atomic E-state index is 0.389. The average Bonchev–Trinajstić information content (AvgIpc) is 2.90. The van der Waals surface area contributed by atoms with Crippen LogP contribution in [0.3, 0.4) is 0 Å². The third-order valence-electron chi connectivity index (χ3n) is 2.69. The maximum atomic E-state index is 10.8. The molecule has 0 saturated heterocycles. The van der Waals surface area contributed by atoms with Gasteiger partial charge in [0.05, 0.1) is 24.9 Å². The Morgan fingerprint density at radius 1 is 1.32 bits per heavy atom. The summed E-state index contributed by atoms with van der Waals surface area (Å²) in [6.45, 7) is 0. The number of rotatable bonds is 3. The fourth-order valence-corrected chi connectivity index (χ4v) is 1.77. The highest BCUT2D eigenvalue weighted by atomic mass is 16.5. The number of fused-ring (bicyclic) bond motifs is 1. The summed E-state index contributed by atoms with van der Waals surface area (Å²) in [5, 5.41) is 4.68. The molecule has 3 rings (SSSR count). The summed E-state index contributed by atoms with van der Waals surface area (Å²) in [4.78, 5) is 19.1. The molecule has 0 atom stereocenters. The summed E-state index contributed by atoms with van der Waals surface area (Å²) >= 11 is 0. The van der Waals surface area contributed by atoms with Crippen molar-refractivity contribution in [2.24, 2.45) is 0 Å². The fourth-order valence-electron chi connectivity index (χ4n) is 1.77. The van der Waals surface area contributed by atoms with Gasteiger partial charge in [0.2, 0.25) is 5.88 Å². The Kier molecular flexibility index (Phi) is 2.68. The number of hydrogen-bond donors (Lipinski definition) is 0. The molecule has 6 nitrogen and oxygen atoms in total. The molecule has 1 aromatic carbocycles. The number of carbonyl (C=O) groups excluding carboxylic acids is 1. The van der Waals surface area contributed by atoms with Crippen molar-refractivity contribution >= 4 is 17.3 Å². The maximum absolute atomic E-state index is 10.8. The van der Waals surface area contributed by atoms with Crippen molar-refractivity contribution < 1.29 is 14.1 Å². The molecule has 0 aliphatic rings. The Labute approximate surface area is 108 Å². The van der Waals surface area contributed by atoms with Crippen LogP contribution in [-0.2, 0) is 0 Å². The Morgan fingerprint density at radius 3 is 3.00 bits per heavy atom. The zero-order chi connectivity index (χ0) is 13.2. The summed E-state index contributed by atoms with van der Waals surface area (Å²) in [6.07, 6.45) is 3.84. The quantitative estimate of drug-likeness (QED) is 0.667. The first-order valence-corrected chi connectivity index (χ1v) is 5.53. The molecule has 0 aliphatic heterocycles. The van der Waals surface area contributed by atoms with Crippen LogP contribution in [0.1, 0.15) is 10.4 Å². The molecule has 6 heteroatoms. The first-order valence-electron chi connectivity index (χ1n) is 5.53. The molecule has 0 spiro atoms. The van der Waals surface area contributed by atoms with Crippen molar-refractivity contribution in [3.8, 4) is 17.3 Å². The molecular weight excluding hydrogens is 246 g/mol. The van der Waals surface area contributed by atoms with Crippen LogP contribution >= 0.6 is 0 Å². The van der Waals surface area contributed by atoms with E-state index < -0.39 is 0 Å². The monoisotopic (exact) mass is 255 g/mol. The summed E-state index contributed by atoms with van der Waals surface area (Å²) in [7, 11) is 1.51. The first kappa shape index (κ1) is 11.3. The third kappa shape index (κ3) is 1.93. The highest BCUT2D eigenvalue weighted by molar-refractivity contribution is 5.94. The lowest BCUT2D eigenvalue weighted by molar-refractivity contribution is 0.112. The molecule has 94 valence electrons. The molecule has 0 aliphatic carbocycles. The standard InChI is InChI=1S/C13H9N3O3/c1-18-12-6-14-5-10(15-12)13-9-4-8(7-17)2-3-11(9)19-16-13/h2-7H,1H3.